The fourth-order valence-corrected chi connectivity index (χ4v) is 3.81. The molecule has 0 bridgehead atoms. The highest BCUT2D eigenvalue weighted by Crippen LogP contribution is 2.32. The molecule has 1 aromatic carbocycles. The van der Waals surface area contributed by atoms with Gasteiger partial charge in [-0.05, 0) is 33.5 Å². The molecule has 3 heterocycles. The number of nitrogens with zero attached hydrogens (tertiary/aromatic N) is 4. The molecule has 4 rings (SSSR count). The summed E-state index contributed by atoms with van der Waals surface area (Å²) in [5.74, 6) is -0.370. The maximum atomic E-state index is 11.6. The predicted molar refractivity (Wildman–Crippen MR) is 102 cm³/mol. The van der Waals surface area contributed by atoms with Crippen LogP contribution in [0.4, 0.5) is 0 Å². The maximum absolute atomic E-state index is 11.6. The number of halogens is 1. The Labute approximate surface area is 160 Å². The van der Waals surface area contributed by atoms with E-state index in [9.17, 15) is 9.90 Å². The lowest BCUT2D eigenvalue weighted by molar-refractivity contribution is 0.0699. The van der Waals surface area contributed by atoms with Crippen LogP contribution in [0.3, 0.4) is 0 Å². The summed E-state index contributed by atoms with van der Waals surface area (Å²) in [7, 11) is 0. The Morgan fingerprint density at radius 2 is 2.08 bits per heavy atom. The molecule has 0 spiro atoms. The largest absolute Gasteiger partial charge is 0.478 e. The molecule has 0 aliphatic carbocycles. The van der Waals surface area contributed by atoms with Crippen LogP contribution in [0.25, 0.3) is 32.9 Å². The Morgan fingerprint density at radius 1 is 1.27 bits per heavy atom. The third-order valence-electron chi connectivity index (χ3n) is 3.91. The predicted octanol–water partition coefficient (Wildman–Crippen LogP) is 4.17. The molecule has 0 aliphatic heterocycles. The highest BCUT2D eigenvalue weighted by atomic mass is 79.9. The zero-order valence-corrected chi connectivity index (χ0v) is 15.9. The van der Waals surface area contributed by atoms with Crippen molar-refractivity contribution in [1.29, 1.82) is 0 Å². The van der Waals surface area contributed by atoms with Crippen LogP contribution in [0, 0.1) is 0 Å². The number of benzene rings is 1. The van der Waals surface area contributed by atoms with Crippen molar-refractivity contribution >= 4 is 44.5 Å². The van der Waals surface area contributed by atoms with E-state index in [2.05, 4.69) is 40.2 Å². The molecular formula is C17H12BrN5O2S. The topological polar surface area (TPSA) is 105 Å². The number of nitrogens with one attached hydrogen (secondary N) is 1. The summed E-state index contributed by atoms with van der Waals surface area (Å²) in [6.45, 7) is 1.96. The molecular weight excluding hydrogens is 418 g/mol. The van der Waals surface area contributed by atoms with Crippen molar-refractivity contribution in [2.45, 2.75) is 13.3 Å². The van der Waals surface area contributed by atoms with Crippen LogP contribution in [0.2, 0.25) is 0 Å². The minimum atomic E-state index is -1.02. The van der Waals surface area contributed by atoms with Crippen LogP contribution >= 0.6 is 27.5 Å². The monoisotopic (exact) mass is 429 g/mol. The van der Waals surface area contributed by atoms with Gasteiger partial charge in [0.1, 0.15) is 16.5 Å². The van der Waals surface area contributed by atoms with Gasteiger partial charge in [0.05, 0.1) is 16.6 Å². The number of aromatic amines is 1. The summed E-state index contributed by atoms with van der Waals surface area (Å²) in [6.07, 6.45) is 2.10. The third-order valence-corrected chi connectivity index (χ3v) is 5.26. The Bertz CT molecular complexity index is 1140. The Balaban J connectivity index is 1.96. The summed E-state index contributed by atoms with van der Waals surface area (Å²) in [5.41, 5.74) is 2.96. The van der Waals surface area contributed by atoms with Gasteiger partial charge in [0.15, 0.2) is 0 Å². The summed E-state index contributed by atoms with van der Waals surface area (Å²) in [4.78, 5) is 27.9. The molecule has 2 N–H and O–H groups in total. The van der Waals surface area contributed by atoms with Crippen LogP contribution in [0.1, 0.15) is 23.1 Å². The highest BCUT2D eigenvalue weighted by Gasteiger charge is 2.19. The quantitative estimate of drug-likeness (QED) is 0.504. The lowest BCUT2D eigenvalue weighted by Gasteiger charge is -2.07. The second kappa shape index (κ2) is 6.58. The van der Waals surface area contributed by atoms with E-state index in [1.54, 1.807) is 0 Å². The number of carboxylic acids is 1. The van der Waals surface area contributed by atoms with Gasteiger partial charge in [0.25, 0.3) is 0 Å². The number of aryl methyl sites for hydroxylation is 1. The molecule has 0 saturated carbocycles. The van der Waals surface area contributed by atoms with Crippen molar-refractivity contribution in [2.24, 2.45) is 0 Å². The first-order valence-corrected chi connectivity index (χ1v) is 9.34. The van der Waals surface area contributed by atoms with Gasteiger partial charge in [-0.25, -0.2) is 19.7 Å². The molecule has 4 aromatic rings. The zero-order chi connectivity index (χ0) is 18.3. The lowest BCUT2D eigenvalue weighted by atomic mass is 10.0. The standard InChI is InChI=1S/C17H12BrN5O2S/c1-2-11-20-13(12-10(16(24)25)7-19-14(12)21-11)8-4-3-5-9(6-8)15-22-17(18)23-26-15/h3-7H,2H2,1H3,(H,24,25)(H,19,20,21). The van der Waals surface area contributed by atoms with Crippen LogP contribution in [-0.4, -0.2) is 35.4 Å². The summed E-state index contributed by atoms with van der Waals surface area (Å²) in [6, 6.07) is 7.67. The average Bonchev–Trinajstić information content (AvgIpc) is 3.27. The molecule has 0 saturated heterocycles. The van der Waals surface area contributed by atoms with Crippen molar-refractivity contribution < 1.29 is 9.90 Å². The van der Waals surface area contributed by atoms with E-state index in [1.807, 2.05) is 31.2 Å². The van der Waals surface area contributed by atoms with Crippen LogP contribution < -0.4 is 0 Å². The van der Waals surface area contributed by atoms with E-state index in [0.29, 0.717) is 33.7 Å². The molecule has 0 aliphatic rings. The first-order valence-electron chi connectivity index (χ1n) is 7.78. The average molecular weight is 430 g/mol. The molecule has 0 radical (unpaired) electrons. The van der Waals surface area contributed by atoms with E-state index in [4.69, 9.17) is 0 Å². The summed E-state index contributed by atoms with van der Waals surface area (Å²) < 4.78 is 4.68. The van der Waals surface area contributed by atoms with Gasteiger partial charge in [-0.3, -0.25) is 0 Å². The van der Waals surface area contributed by atoms with Gasteiger partial charge >= 0.3 is 5.97 Å². The van der Waals surface area contributed by atoms with Gasteiger partial charge in [0, 0.05) is 23.7 Å². The van der Waals surface area contributed by atoms with Crippen molar-refractivity contribution in [3.05, 3.63) is 46.6 Å². The van der Waals surface area contributed by atoms with E-state index < -0.39 is 5.97 Å². The molecule has 9 heteroatoms. The number of rotatable bonds is 4. The zero-order valence-electron chi connectivity index (χ0n) is 13.5. The molecule has 0 fully saturated rings. The van der Waals surface area contributed by atoms with E-state index in [-0.39, 0.29) is 5.56 Å². The number of carboxylic acid groups (broad SMARTS) is 1. The van der Waals surface area contributed by atoms with Crippen molar-refractivity contribution in [1.82, 2.24) is 24.3 Å². The Hall–Kier alpha value is -2.65. The maximum Gasteiger partial charge on any atom is 0.338 e. The van der Waals surface area contributed by atoms with Gasteiger partial charge in [-0.2, -0.15) is 4.37 Å². The van der Waals surface area contributed by atoms with Gasteiger partial charge in [-0.1, -0.05) is 25.1 Å². The Morgan fingerprint density at radius 3 is 2.77 bits per heavy atom. The van der Waals surface area contributed by atoms with Crippen molar-refractivity contribution in [2.75, 3.05) is 0 Å². The SMILES string of the molecule is CCc1nc(-c2cccc(-c3nc(Br)ns3)c2)c2c(C(=O)O)c[nH]c2n1. The molecule has 7 nitrogen and oxygen atoms in total. The number of carbonyl (C=O) groups is 1. The molecule has 0 amide bonds. The number of hydrogen-bond acceptors (Lipinski definition) is 6. The fraction of sp³-hybridized carbons (Fsp3) is 0.118. The minimum Gasteiger partial charge on any atom is -0.478 e. The minimum absolute atomic E-state index is 0.154. The smallest absolute Gasteiger partial charge is 0.338 e. The number of aromatic carboxylic acids is 1. The Kier molecular flexibility index (Phi) is 4.25. The summed E-state index contributed by atoms with van der Waals surface area (Å²) in [5, 5.41) is 10.8. The van der Waals surface area contributed by atoms with Gasteiger partial charge in [0.2, 0.25) is 4.73 Å². The molecule has 3 aromatic heterocycles. The van der Waals surface area contributed by atoms with Gasteiger partial charge in [-0.15, -0.1) is 0 Å². The van der Waals surface area contributed by atoms with E-state index >= 15 is 0 Å². The molecule has 130 valence electrons. The van der Waals surface area contributed by atoms with E-state index in [0.717, 1.165) is 16.1 Å². The highest BCUT2D eigenvalue weighted by molar-refractivity contribution is 9.10. The van der Waals surface area contributed by atoms with Crippen LogP contribution in [-0.2, 0) is 6.42 Å². The second-order valence-corrected chi connectivity index (χ2v) is 6.98. The molecule has 26 heavy (non-hydrogen) atoms. The van der Waals surface area contributed by atoms with Crippen LogP contribution in [0.15, 0.2) is 35.2 Å². The fourth-order valence-electron chi connectivity index (χ4n) is 2.74. The molecule has 0 atom stereocenters. The number of hydrogen-bond donors (Lipinski definition) is 2. The lowest BCUT2D eigenvalue weighted by Crippen LogP contribution is -2.00. The van der Waals surface area contributed by atoms with Crippen molar-refractivity contribution in [3.63, 3.8) is 0 Å². The summed E-state index contributed by atoms with van der Waals surface area (Å²) >= 11 is 4.55. The first kappa shape index (κ1) is 16.8. The second-order valence-electron chi connectivity index (χ2n) is 5.52. The normalized spacial score (nSPS) is 11.2. The number of fused-ring (bicyclic) bond motifs is 1. The van der Waals surface area contributed by atoms with Gasteiger partial charge < -0.3 is 10.1 Å². The molecule has 0 unspecified atom stereocenters. The van der Waals surface area contributed by atoms with Crippen molar-refractivity contribution in [3.8, 4) is 21.8 Å². The number of aromatic nitrogens is 5. The van der Waals surface area contributed by atoms with E-state index in [1.165, 1.54) is 17.7 Å². The van der Waals surface area contributed by atoms with Crippen LogP contribution in [0.5, 0.6) is 0 Å². The third kappa shape index (κ3) is 2.89. The number of H-pyrrole nitrogens is 1. The first-order chi connectivity index (χ1) is 12.6.